The van der Waals surface area contributed by atoms with Crippen molar-refractivity contribution >= 4 is 35.1 Å². The van der Waals surface area contributed by atoms with Crippen LogP contribution >= 0.6 is 11.6 Å². The molecule has 0 aliphatic heterocycles. The molecule has 2 aromatic rings. The summed E-state index contributed by atoms with van der Waals surface area (Å²) in [6.07, 6.45) is 0. The molecule has 26 heavy (non-hydrogen) atoms. The molecule has 0 saturated heterocycles. The molecule has 0 saturated carbocycles. The van der Waals surface area contributed by atoms with Crippen LogP contribution in [0.2, 0.25) is 5.02 Å². The molecule has 0 radical (unpaired) electrons. The smallest absolute Gasteiger partial charge is 0.340 e. The van der Waals surface area contributed by atoms with Gasteiger partial charge in [0.15, 0.2) is 0 Å². The molecule has 7 nitrogen and oxygen atoms in total. The van der Waals surface area contributed by atoms with E-state index in [1.54, 1.807) is 32.9 Å². The summed E-state index contributed by atoms with van der Waals surface area (Å²) in [6.45, 7) is 5.33. The van der Waals surface area contributed by atoms with E-state index >= 15 is 0 Å². The zero-order valence-electron chi connectivity index (χ0n) is 15.0. The highest BCUT2D eigenvalue weighted by Crippen LogP contribution is 2.25. The number of hydrogen-bond donors (Lipinski definition) is 3. The molecule has 1 heterocycles. The molecular weight excluding hydrogens is 358 g/mol. The van der Waals surface area contributed by atoms with Crippen LogP contribution in [-0.2, 0) is 4.74 Å². The van der Waals surface area contributed by atoms with E-state index < -0.39 is 11.9 Å². The number of aryl methyl sites for hydroxylation is 1. The van der Waals surface area contributed by atoms with Crippen molar-refractivity contribution in [2.24, 2.45) is 0 Å². The highest BCUT2D eigenvalue weighted by atomic mass is 35.5. The summed E-state index contributed by atoms with van der Waals surface area (Å²) >= 11 is 6.15. The van der Waals surface area contributed by atoms with E-state index in [-0.39, 0.29) is 23.2 Å². The van der Waals surface area contributed by atoms with E-state index in [0.29, 0.717) is 28.1 Å². The number of benzene rings is 1. The maximum atomic E-state index is 12.6. The second-order valence-electron chi connectivity index (χ2n) is 5.57. The van der Waals surface area contributed by atoms with Crippen LogP contribution < -0.4 is 10.6 Å². The molecule has 138 valence electrons. The van der Waals surface area contributed by atoms with E-state index in [0.717, 1.165) is 0 Å². The predicted molar refractivity (Wildman–Crippen MR) is 99.0 cm³/mol. The van der Waals surface area contributed by atoms with Gasteiger partial charge in [0.05, 0.1) is 22.9 Å². The Kier molecular flexibility index (Phi) is 6.05. The lowest BCUT2D eigenvalue weighted by Crippen LogP contribution is -2.18. The van der Waals surface area contributed by atoms with Crippen LogP contribution in [0.15, 0.2) is 18.2 Å². The van der Waals surface area contributed by atoms with Crippen LogP contribution in [0, 0.1) is 13.8 Å². The van der Waals surface area contributed by atoms with Crippen LogP contribution in [0.25, 0.3) is 0 Å². The molecule has 8 heteroatoms. The molecule has 1 aromatic carbocycles. The Hall–Kier alpha value is -2.80. The number of carbonyl (C=O) groups is 3. The number of H-pyrrole nitrogens is 1. The van der Waals surface area contributed by atoms with E-state index in [4.69, 9.17) is 16.3 Å². The third-order valence-corrected chi connectivity index (χ3v) is 4.16. The largest absolute Gasteiger partial charge is 0.462 e. The Balaban J connectivity index is 2.27. The fraction of sp³-hybridized carbons (Fsp3) is 0.278. The van der Waals surface area contributed by atoms with Crippen LogP contribution in [0.3, 0.4) is 0 Å². The van der Waals surface area contributed by atoms with E-state index in [1.807, 2.05) is 0 Å². The molecule has 0 unspecified atom stereocenters. The SMILES string of the molecule is CCOC(=O)c1c(C)[nH]c(C(=O)Nc2ccc(C(=O)NC)cc2Cl)c1C. The highest BCUT2D eigenvalue weighted by molar-refractivity contribution is 6.34. The van der Waals surface area contributed by atoms with Gasteiger partial charge in [-0.05, 0) is 44.5 Å². The minimum Gasteiger partial charge on any atom is -0.462 e. The zero-order valence-corrected chi connectivity index (χ0v) is 15.7. The summed E-state index contributed by atoms with van der Waals surface area (Å²) in [4.78, 5) is 39.1. The molecule has 1 aromatic heterocycles. The number of hydrogen-bond acceptors (Lipinski definition) is 4. The van der Waals surface area contributed by atoms with E-state index in [1.165, 1.54) is 13.1 Å². The number of nitrogens with one attached hydrogen (secondary N) is 3. The van der Waals surface area contributed by atoms with Gasteiger partial charge in [0.1, 0.15) is 5.69 Å². The first-order valence-electron chi connectivity index (χ1n) is 7.99. The van der Waals surface area contributed by atoms with E-state index in [9.17, 15) is 14.4 Å². The highest BCUT2D eigenvalue weighted by Gasteiger charge is 2.23. The lowest BCUT2D eigenvalue weighted by atomic mass is 10.1. The van der Waals surface area contributed by atoms with Crippen LogP contribution in [0.5, 0.6) is 0 Å². The number of aromatic amines is 1. The van der Waals surface area contributed by atoms with Gasteiger partial charge in [0.2, 0.25) is 0 Å². The quantitative estimate of drug-likeness (QED) is 0.697. The molecular formula is C18H20ClN3O4. The van der Waals surface area contributed by atoms with Gasteiger partial charge in [0, 0.05) is 18.3 Å². The summed E-state index contributed by atoms with van der Waals surface area (Å²) in [6, 6.07) is 4.56. The summed E-state index contributed by atoms with van der Waals surface area (Å²) in [7, 11) is 1.52. The van der Waals surface area contributed by atoms with Gasteiger partial charge in [-0.15, -0.1) is 0 Å². The van der Waals surface area contributed by atoms with Crippen molar-refractivity contribution in [1.82, 2.24) is 10.3 Å². The first kappa shape index (κ1) is 19.5. The summed E-state index contributed by atoms with van der Waals surface area (Å²) in [5, 5.41) is 5.40. The second-order valence-corrected chi connectivity index (χ2v) is 5.98. The Labute approximate surface area is 156 Å². The molecule has 2 rings (SSSR count). The van der Waals surface area contributed by atoms with Crippen LogP contribution in [0.4, 0.5) is 5.69 Å². The predicted octanol–water partition coefficient (Wildman–Crippen LogP) is 3.07. The molecule has 3 N–H and O–H groups in total. The minimum absolute atomic E-state index is 0.228. The maximum Gasteiger partial charge on any atom is 0.340 e. The van der Waals surface area contributed by atoms with Crippen LogP contribution in [0.1, 0.15) is 49.4 Å². The Morgan fingerprint density at radius 2 is 1.88 bits per heavy atom. The lowest BCUT2D eigenvalue weighted by Gasteiger charge is -2.09. The number of halogens is 1. The number of rotatable bonds is 5. The molecule has 0 bridgehead atoms. The Bertz CT molecular complexity index is 874. The molecule has 0 aliphatic carbocycles. The monoisotopic (exact) mass is 377 g/mol. The molecule has 0 atom stereocenters. The number of aromatic nitrogens is 1. The van der Waals surface area contributed by atoms with Gasteiger partial charge in [-0.3, -0.25) is 9.59 Å². The van der Waals surface area contributed by atoms with Gasteiger partial charge in [0.25, 0.3) is 11.8 Å². The zero-order chi connectivity index (χ0) is 19.4. The summed E-state index contributed by atoms with van der Waals surface area (Å²) < 4.78 is 5.02. The standard InChI is InChI=1S/C18H20ClN3O4/c1-5-26-18(25)14-9(2)15(21-10(14)3)17(24)22-13-7-6-11(8-12(13)19)16(23)20-4/h6-8,21H,5H2,1-4H3,(H,20,23)(H,22,24). The topological polar surface area (TPSA) is 100 Å². The van der Waals surface area contributed by atoms with Gasteiger partial charge in [-0.2, -0.15) is 0 Å². The van der Waals surface area contributed by atoms with Gasteiger partial charge < -0.3 is 20.4 Å². The number of ether oxygens (including phenoxy) is 1. The number of esters is 1. The third kappa shape index (κ3) is 3.88. The van der Waals surface area contributed by atoms with E-state index in [2.05, 4.69) is 15.6 Å². The van der Waals surface area contributed by atoms with Crippen molar-refractivity contribution in [1.29, 1.82) is 0 Å². The van der Waals surface area contributed by atoms with Gasteiger partial charge in [-0.25, -0.2) is 4.79 Å². The first-order valence-corrected chi connectivity index (χ1v) is 8.37. The van der Waals surface area contributed by atoms with Crippen molar-refractivity contribution in [3.8, 4) is 0 Å². The van der Waals surface area contributed by atoms with Gasteiger partial charge >= 0.3 is 5.97 Å². The fourth-order valence-corrected chi connectivity index (χ4v) is 2.80. The van der Waals surface area contributed by atoms with Crippen molar-refractivity contribution in [2.45, 2.75) is 20.8 Å². The number of anilines is 1. The number of amides is 2. The normalized spacial score (nSPS) is 10.3. The molecule has 0 aliphatic rings. The maximum absolute atomic E-state index is 12.6. The van der Waals surface area contributed by atoms with Crippen molar-refractivity contribution in [3.63, 3.8) is 0 Å². The van der Waals surface area contributed by atoms with Crippen molar-refractivity contribution < 1.29 is 19.1 Å². The molecule has 0 fully saturated rings. The average Bonchev–Trinajstić information content (AvgIpc) is 2.90. The second kappa shape index (κ2) is 8.05. The van der Waals surface area contributed by atoms with Crippen LogP contribution in [-0.4, -0.2) is 36.4 Å². The summed E-state index contributed by atoms with van der Waals surface area (Å²) in [5.41, 5.74) is 2.37. The minimum atomic E-state index is -0.481. The molecule has 2 amide bonds. The first-order chi connectivity index (χ1) is 12.3. The van der Waals surface area contributed by atoms with Crippen molar-refractivity contribution in [3.05, 3.63) is 51.3 Å². The van der Waals surface area contributed by atoms with Gasteiger partial charge in [-0.1, -0.05) is 11.6 Å². The number of carbonyl (C=O) groups excluding carboxylic acids is 3. The lowest BCUT2D eigenvalue weighted by molar-refractivity contribution is 0.0524. The van der Waals surface area contributed by atoms with Crippen molar-refractivity contribution in [2.75, 3.05) is 19.0 Å². The third-order valence-electron chi connectivity index (χ3n) is 3.85. The fourth-order valence-electron chi connectivity index (χ4n) is 2.57. The Morgan fingerprint density at radius 1 is 1.19 bits per heavy atom. The average molecular weight is 378 g/mol. The molecule has 0 spiro atoms. The summed E-state index contributed by atoms with van der Waals surface area (Å²) in [5.74, 6) is -1.21. The Morgan fingerprint density at radius 3 is 2.46 bits per heavy atom.